The van der Waals surface area contributed by atoms with Crippen LogP contribution in [0.1, 0.15) is 16.1 Å². The molecule has 0 saturated heterocycles. The maximum absolute atomic E-state index is 13.6. The number of aromatic nitrogens is 4. The van der Waals surface area contributed by atoms with Crippen molar-refractivity contribution in [2.24, 2.45) is 0 Å². The molecule has 32 heavy (non-hydrogen) atoms. The van der Waals surface area contributed by atoms with Gasteiger partial charge in [-0.1, -0.05) is 0 Å². The lowest BCUT2D eigenvalue weighted by molar-refractivity contribution is -0.141. The maximum atomic E-state index is 13.6. The first-order valence-electron chi connectivity index (χ1n) is 8.74. The first-order valence-corrected chi connectivity index (χ1v) is 8.74. The van der Waals surface area contributed by atoms with Crippen molar-refractivity contribution in [2.75, 3.05) is 6.61 Å². The van der Waals surface area contributed by atoms with E-state index in [4.69, 9.17) is 10.4 Å². The zero-order valence-electron chi connectivity index (χ0n) is 15.8. The first-order chi connectivity index (χ1) is 15.1. The van der Waals surface area contributed by atoms with Gasteiger partial charge in [0.2, 0.25) is 0 Å². The fourth-order valence-electron chi connectivity index (χ4n) is 2.56. The molecule has 3 rings (SSSR count). The van der Waals surface area contributed by atoms with Crippen LogP contribution in [0.4, 0.5) is 17.6 Å². The molecule has 3 aromatic heterocycles. The molecule has 0 bridgehead atoms. The predicted molar refractivity (Wildman–Crippen MR) is 99.8 cm³/mol. The number of pyridine rings is 2. The highest BCUT2D eigenvalue weighted by molar-refractivity contribution is 5.95. The summed E-state index contributed by atoms with van der Waals surface area (Å²) in [4.78, 5) is 32.3. The molecule has 0 unspecified atom stereocenters. The number of hydrogen-bond donors (Lipinski definition) is 2. The number of nitriles is 1. The number of halogens is 4. The van der Waals surface area contributed by atoms with Gasteiger partial charge in [-0.05, 0) is 18.2 Å². The Hall–Kier alpha value is -4.18. The lowest BCUT2D eigenvalue weighted by Gasteiger charge is -2.13. The van der Waals surface area contributed by atoms with Crippen LogP contribution >= 0.6 is 0 Å². The summed E-state index contributed by atoms with van der Waals surface area (Å²) in [5, 5.41) is 24.1. The van der Waals surface area contributed by atoms with Crippen molar-refractivity contribution in [3.63, 3.8) is 0 Å². The molecule has 0 aliphatic carbocycles. The molecule has 1 atom stereocenters. The SMILES string of the molecule is N#C[C@@H](CO)NC(=O)c1cc(-c2ccc(C(F)(F)F)nc2)nn(-c2cncc(F)c2)c1=O. The summed E-state index contributed by atoms with van der Waals surface area (Å²) >= 11 is 0. The van der Waals surface area contributed by atoms with E-state index >= 15 is 0 Å². The van der Waals surface area contributed by atoms with Gasteiger partial charge in [-0.15, -0.1) is 0 Å². The van der Waals surface area contributed by atoms with Crippen LogP contribution in [0, 0.1) is 17.1 Å². The number of rotatable bonds is 5. The molecule has 0 aliphatic heterocycles. The van der Waals surface area contributed by atoms with E-state index in [-0.39, 0.29) is 16.9 Å². The van der Waals surface area contributed by atoms with E-state index in [1.165, 1.54) is 0 Å². The van der Waals surface area contributed by atoms with Gasteiger partial charge in [0.1, 0.15) is 23.1 Å². The highest BCUT2D eigenvalue weighted by atomic mass is 19.4. The quantitative estimate of drug-likeness (QED) is 0.565. The standard InChI is InChI=1S/C19H12F4N6O3/c20-11-3-13(8-25-7-11)29-18(32)14(17(31)27-12(5-24)9-30)4-15(28-29)10-1-2-16(26-6-10)19(21,22)23/h1-4,6-8,12,30H,9H2,(H,27,31)/t12-/m0/s1. The number of aliphatic hydroxyl groups excluding tert-OH is 1. The summed E-state index contributed by atoms with van der Waals surface area (Å²) < 4.78 is 52.6. The molecule has 0 spiro atoms. The number of nitrogens with zero attached hydrogens (tertiary/aromatic N) is 5. The molecule has 0 aromatic carbocycles. The van der Waals surface area contributed by atoms with Crippen molar-refractivity contribution >= 4 is 5.91 Å². The third-order valence-corrected chi connectivity index (χ3v) is 4.08. The van der Waals surface area contributed by atoms with Crippen LogP contribution in [0.15, 0.2) is 47.7 Å². The Labute approximate surface area is 176 Å². The molecule has 164 valence electrons. The molecule has 0 radical (unpaired) electrons. The number of alkyl halides is 3. The summed E-state index contributed by atoms with van der Waals surface area (Å²) in [5.74, 6) is -1.87. The molecular formula is C19H12F4N6O3. The normalized spacial score (nSPS) is 12.1. The molecule has 0 aliphatic rings. The van der Waals surface area contributed by atoms with Crippen LogP contribution in [0.2, 0.25) is 0 Å². The third-order valence-electron chi connectivity index (χ3n) is 4.08. The van der Waals surface area contributed by atoms with Crippen molar-refractivity contribution in [3.8, 4) is 23.0 Å². The molecule has 0 fully saturated rings. The van der Waals surface area contributed by atoms with Crippen molar-refractivity contribution < 1.29 is 27.5 Å². The van der Waals surface area contributed by atoms with Gasteiger partial charge in [-0.3, -0.25) is 19.6 Å². The first kappa shape index (κ1) is 22.5. The Kier molecular flexibility index (Phi) is 6.26. The second kappa shape index (κ2) is 8.90. The lowest BCUT2D eigenvalue weighted by Crippen LogP contribution is -2.40. The minimum absolute atomic E-state index is 0.0177. The fraction of sp³-hybridized carbons (Fsp3) is 0.158. The van der Waals surface area contributed by atoms with Gasteiger partial charge in [0.15, 0.2) is 0 Å². The van der Waals surface area contributed by atoms with E-state index < -0.39 is 47.4 Å². The number of carbonyl (C=O) groups is 1. The van der Waals surface area contributed by atoms with Gasteiger partial charge >= 0.3 is 6.18 Å². The minimum atomic E-state index is -4.68. The van der Waals surface area contributed by atoms with Crippen LogP contribution in [0.5, 0.6) is 0 Å². The molecule has 13 heteroatoms. The Morgan fingerprint density at radius 3 is 2.56 bits per heavy atom. The third kappa shape index (κ3) is 4.76. The van der Waals surface area contributed by atoms with Gasteiger partial charge < -0.3 is 10.4 Å². The molecule has 3 heterocycles. The molecule has 0 saturated carbocycles. The maximum Gasteiger partial charge on any atom is 0.433 e. The number of amides is 1. The van der Waals surface area contributed by atoms with Crippen molar-refractivity contribution in [1.29, 1.82) is 5.26 Å². The highest BCUT2D eigenvalue weighted by Crippen LogP contribution is 2.28. The summed E-state index contributed by atoms with van der Waals surface area (Å²) in [6, 6.07) is 3.90. The predicted octanol–water partition coefficient (Wildman–Crippen LogP) is 1.46. The van der Waals surface area contributed by atoms with Crippen molar-refractivity contribution in [3.05, 3.63) is 70.3 Å². The molecular weight excluding hydrogens is 436 g/mol. The lowest BCUT2D eigenvalue weighted by atomic mass is 10.1. The second-order valence-corrected chi connectivity index (χ2v) is 6.29. The van der Waals surface area contributed by atoms with Crippen LogP contribution in [-0.4, -0.2) is 43.4 Å². The van der Waals surface area contributed by atoms with Gasteiger partial charge in [-0.2, -0.15) is 28.2 Å². The Bertz CT molecular complexity index is 1250. The Morgan fingerprint density at radius 1 is 1.25 bits per heavy atom. The average molecular weight is 448 g/mol. The summed E-state index contributed by atoms with van der Waals surface area (Å²) in [6.07, 6.45) is -1.89. The smallest absolute Gasteiger partial charge is 0.393 e. The van der Waals surface area contributed by atoms with Crippen molar-refractivity contribution in [1.82, 2.24) is 25.1 Å². The minimum Gasteiger partial charge on any atom is -0.393 e. The summed E-state index contributed by atoms with van der Waals surface area (Å²) in [5.41, 5.74) is -3.03. The molecule has 2 N–H and O–H groups in total. The molecule has 9 nitrogen and oxygen atoms in total. The van der Waals surface area contributed by atoms with Crippen LogP contribution in [0.3, 0.4) is 0 Å². The number of carbonyl (C=O) groups excluding carboxylic acids is 1. The topological polar surface area (TPSA) is 134 Å². The van der Waals surface area contributed by atoms with Crippen LogP contribution in [-0.2, 0) is 6.18 Å². The molecule has 3 aromatic rings. The number of aliphatic hydroxyl groups is 1. The van der Waals surface area contributed by atoms with Gasteiger partial charge in [0.05, 0.1) is 36.5 Å². The molecule has 1 amide bonds. The Morgan fingerprint density at radius 2 is 2.00 bits per heavy atom. The van der Waals surface area contributed by atoms with E-state index in [1.807, 2.05) is 0 Å². The zero-order chi connectivity index (χ0) is 23.5. The van der Waals surface area contributed by atoms with Crippen LogP contribution in [0.25, 0.3) is 16.9 Å². The van der Waals surface area contributed by atoms with Gasteiger partial charge in [-0.25, -0.2) is 4.39 Å². The largest absolute Gasteiger partial charge is 0.433 e. The van der Waals surface area contributed by atoms with Gasteiger partial charge in [0.25, 0.3) is 11.5 Å². The average Bonchev–Trinajstić information content (AvgIpc) is 2.77. The highest BCUT2D eigenvalue weighted by Gasteiger charge is 2.32. The van der Waals surface area contributed by atoms with E-state index in [1.54, 1.807) is 6.07 Å². The monoisotopic (exact) mass is 448 g/mol. The summed E-state index contributed by atoms with van der Waals surface area (Å²) in [6.45, 7) is -0.731. The van der Waals surface area contributed by atoms with Crippen molar-refractivity contribution in [2.45, 2.75) is 12.2 Å². The van der Waals surface area contributed by atoms with Crippen LogP contribution < -0.4 is 10.9 Å². The number of nitrogens with one attached hydrogen (secondary N) is 1. The summed E-state index contributed by atoms with van der Waals surface area (Å²) in [7, 11) is 0. The number of hydrogen-bond acceptors (Lipinski definition) is 7. The van der Waals surface area contributed by atoms with E-state index in [0.29, 0.717) is 10.7 Å². The Balaban J connectivity index is 2.17. The van der Waals surface area contributed by atoms with E-state index in [0.717, 1.165) is 36.8 Å². The zero-order valence-corrected chi connectivity index (χ0v) is 15.8. The fourth-order valence-corrected chi connectivity index (χ4v) is 2.56. The van der Waals surface area contributed by atoms with E-state index in [9.17, 15) is 27.2 Å². The second-order valence-electron chi connectivity index (χ2n) is 6.29. The van der Waals surface area contributed by atoms with Gasteiger partial charge in [0, 0.05) is 17.8 Å². The van der Waals surface area contributed by atoms with E-state index in [2.05, 4.69) is 20.4 Å².